The van der Waals surface area contributed by atoms with Crippen molar-refractivity contribution >= 4 is 44.6 Å². The summed E-state index contributed by atoms with van der Waals surface area (Å²) in [4.78, 5) is 17.5. The highest BCUT2D eigenvalue weighted by atomic mass is 35.5. The van der Waals surface area contributed by atoms with Crippen LogP contribution in [0.15, 0.2) is 52.7 Å². The van der Waals surface area contributed by atoms with Crippen molar-refractivity contribution in [3.8, 4) is 17.0 Å². The summed E-state index contributed by atoms with van der Waals surface area (Å²) in [6, 6.07) is 12.0. The van der Waals surface area contributed by atoms with Gasteiger partial charge in [-0.05, 0) is 50.1 Å². The number of nitrogens with one attached hydrogen (secondary N) is 1. The fourth-order valence-corrected chi connectivity index (χ4v) is 6.43. The topological polar surface area (TPSA) is 88.6 Å². The zero-order valence-corrected chi connectivity index (χ0v) is 20.6. The summed E-state index contributed by atoms with van der Waals surface area (Å²) < 4.78 is 33.2. The third-order valence-corrected chi connectivity index (χ3v) is 8.44. The maximum absolute atomic E-state index is 13.3. The molecular weight excluding hydrogens is 482 g/mol. The molecule has 1 atom stereocenters. The van der Waals surface area contributed by atoms with Gasteiger partial charge in [-0.25, -0.2) is 13.4 Å². The van der Waals surface area contributed by atoms with Crippen LogP contribution in [0.4, 0.5) is 5.69 Å². The molecule has 0 spiro atoms. The van der Waals surface area contributed by atoms with E-state index in [1.54, 1.807) is 17.4 Å². The summed E-state index contributed by atoms with van der Waals surface area (Å²) in [7, 11) is -2.46. The number of piperidine rings is 1. The Morgan fingerprint density at radius 2 is 2.09 bits per heavy atom. The maximum Gasteiger partial charge on any atom is 0.246 e. The molecule has 1 aliphatic heterocycles. The van der Waals surface area contributed by atoms with E-state index in [0.717, 1.165) is 16.3 Å². The minimum atomic E-state index is -3.87. The number of hydrogen-bond acceptors (Lipinski definition) is 6. The Hall–Kier alpha value is -2.46. The molecule has 4 rings (SSSR count). The number of carbonyl (C=O) groups excluding carboxylic acids is 1. The molecule has 2 aromatic carbocycles. The normalized spacial score (nSPS) is 17.0. The Balaban J connectivity index is 1.50. The average molecular weight is 506 g/mol. The van der Waals surface area contributed by atoms with E-state index >= 15 is 0 Å². The molecule has 0 bridgehead atoms. The number of sulfonamides is 1. The number of aromatic nitrogens is 1. The van der Waals surface area contributed by atoms with Gasteiger partial charge in [0.25, 0.3) is 0 Å². The summed E-state index contributed by atoms with van der Waals surface area (Å²) in [5, 5.41) is 6.19. The van der Waals surface area contributed by atoms with Gasteiger partial charge in [0, 0.05) is 34.7 Å². The van der Waals surface area contributed by atoms with Crippen molar-refractivity contribution in [3.05, 3.63) is 57.9 Å². The number of nitrogens with zero attached hydrogens (tertiary/aromatic N) is 2. The summed E-state index contributed by atoms with van der Waals surface area (Å²) in [5.74, 6) is -0.455. The standard InChI is InChI=1S/C23H24ClN3O4S2/c1-15-25-20(14-32-15)16-5-3-7-19(11-16)26-23(28)17-6-4-10-27(13-17)33(29,30)22-12-18(24)8-9-21(22)31-2/h3,5,7-9,11-12,14,17H,4,6,10,13H2,1-2H3,(H,26,28)/t17-/m0/s1. The summed E-state index contributed by atoms with van der Waals surface area (Å²) >= 11 is 7.61. The highest BCUT2D eigenvalue weighted by Crippen LogP contribution is 2.32. The molecule has 7 nitrogen and oxygen atoms in total. The first-order chi connectivity index (χ1) is 15.8. The monoisotopic (exact) mass is 505 g/mol. The molecular formula is C23H24ClN3O4S2. The number of hydrogen-bond donors (Lipinski definition) is 1. The van der Waals surface area contributed by atoms with E-state index in [1.807, 2.05) is 36.6 Å². The lowest BCUT2D eigenvalue weighted by molar-refractivity contribution is -0.120. The van der Waals surface area contributed by atoms with Crippen LogP contribution in [-0.4, -0.2) is 43.8 Å². The van der Waals surface area contributed by atoms with Crippen LogP contribution in [0.25, 0.3) is 11.3 Å². The van der Waals surface area contributed by atoms with Crippen LogP contribution in [-0.2, 0) is 14.8 Å². The van der Waals surface area contributed by atoms with Crippen molar-refractivity contribution in [1.82, 2.24) is 9.29 Å². The first kappa shape index (κ1) is 23.7. The second kappa shape index (κ2) is 9.80. The summed E-state index contributed by atoms with van der Waals surface area (Å²) in [6.45, 7) is 2.37. The van der Waals surface area contributed by atoms with Crippen LogP contribution < -0.4 is 10.1 Å². The van der Waals surface area contributed by atoms with E-state index in [2.05, 4.69) is 10.3 Å². The number of amides is 1. The number of rotatable bonds is 6. The number of thiazole rings is 1. The van der Waals surface area contributed by atoms with Gasteiger partial charge in [-0.3, -0.25) is 4.79 Å². The van der Waals surface area contributed by atoms with E-state index < -0.39 is 15.9 Å². The van der Waals surface area contributed by atoms with Crippen LogP contribution in [0.5, 0.6) is 5.75 Å². The molecule has 174 valence electrons. The van der Waals surface area contributed by atoms with Crippen LogP contribution in [0.1, 0.15) is 17.8 Å². The molecule has 3 aromatic rings. The Bertz CT molecular complexity index is 1280. The van der Waals surface area contributed by atoms with E-state index in [0.29, 0.717) is 30.1 Å². The van der Waals surface area contributed by atoms with E-state index in [9.17, 15) is 13.2 Å². The van der Waals surface area contributed by atoms with Gasteiger partial charge in [0.2, 0.25) is 15.9 Å². The number of ether oxygens (including phenoxy) is 1. The molecule has 0 aliphatic carbocycles. The molecule has 33 heavy (non-hydrogen) atoms. The maximum atomic E-state index is 13.3. The van der Waals surface area contributed by atoms with Crippen LogP contribution in [0, 0.1) is 12.8 Å². The fraction of sp³-hybridized carbons (Fsp3) is 0.304. The molecule has 0 saturated carbocycles. The van der Waals surface area contributed by atoms with Gasteiger partial charge in [-0.2, -0.15) is 4.31 Å². The molecule has 0 unspecified atom stereocenters. The molecule has 2 heterocycles. The predicted molar refractivity (Wildman–Crippen MR) is 130 cm³/mol. The van der Waals surface area contributed by atoms with Crippen molar-refractivity contribution in [2.45, 2.75) is 24.7 Å². The molecule has 1 fully saturated rings. The first-order valence-corrected chi connectivity index (χ1v) is 13.1. The van der Waals surface area contributed by atoms with Crippen molar-refractivity contribution in [3.63, 3.8) is 0 Å². The van der Waals surface area contributed by atoms with Crippen molar-refractivity contribution < 1.29 is 17.9 Å². The van der Waals surface area contributed by atoms with Crippen LogP contribution in [0.2, 0.25) is 5.02 Å². The van der Waals surface area contributed by atoms with Gasteiger partial charge in [0.05, 0.1) is 23.7 Å². The third-order valence-electron chi connectivity index (χ3n) is 5.54. The quantitative estimate of drug-likeness (QED) is 0.519. The number of halogens is 1. The molecule has 0 radical (unpaired) electrons. The van der Waals surface area contributed by atoms with Gasteiger partial charge in [0.15, 0.2) is 0 Å². The molecule has 10 heteroatoms. The zero-order valence-electron chi connectivity index (χ0n) is 18.2. The highest BCUT2D eigenvalue weighted by molar-refractivity contribution is 7.89. The Morgan fingerprint density at radius 1 is 1.27 bits per heavy atom. The molecule has 1 amide bonds. The Morgan fingerprint density at radius 3 is 2.82 bits per heavy atom. The van der Waals surface area contributed by atoms with Gasteiger partial charge >= 0.3 is 0 Å². The Labute approximate surface area is 202 Å². The zero-order chi connectivity index (χ0) is 23.6. The van der Waals surface area contributed by atoms with Crippen molar-refractivity contribution in [2.75, 3.05) is 25.5 Å². The van der Waals surface area contributed by atoms with Gasteiger partial charge < -0.3 is 10.1 Å². The molecule has 1 saturated heterocycles. The third kappa shape index (κ3) is 5.22. The molecule has 1 aromatic heterocycles. The predicted octanol–water partition coefficient (Wildman–Crippen LogP) is 4.82. The number of anilines is 1. The highest BCUT2D eigenvalue weighted by Gasteiger charge is 2.35. The number of methoxy groups -OCH3 is 1. The lowest BCUT2D eigenvalue weighted by Gasteiger charge is -2.31. The van der Waals surface area contributed by atoms with Crippen LogP contribution in [0.3, 0.4) is 0 Å². The minimum absolute atomic E-state index is 0.00446. The minimum Gasteiger partial charge on any atom is -0.495 e. The fourth-order valence-electron chi connectivity index (χ4n) is 3.86. The second-order valence-electron chi connectivity index (χ2n) is 7.82. The number of carbonyl (C=O) groups is 1. The van der Waals surface area contributed by atoms with Crippen molar-refractivity contribution in [1.29, 1.82) is 0 Å². The van der Waals surface area contributed by atoms with E-state index in [-0.39, 0.29) is 23.1 Å². The number of benzene rings is 2. The summed E-state index contributed by atoms with van der Waals surface area (Å²) in [6.07, 6.45) is 1.19. The molecule has 1 N–H and O–H groups in total. The van der Waals surface area contributed by atoms with E-state index in [1.165, 1.54) is 23.5 Å². The average Bonchev–Trinajstić information content (AvgIpc) is 3.25. The lowest BCUT2D eigenvalue weighted by Crippen LogP contribution is -2.43. The lowest BCUT2D eigenvalue weighted by atomic mass is 9.98. The van der Waals surface area contributed by atoms with Crippen molar-refractivity contribution in [2.24, 2.45) is 5.92 Å². The number of aryl methyl sites for hydroxylation is 1. The SMILES string of the molecule is COc1ccc(Cl)cc1S(=O)(=O)N1CCC[C@H](C(=O)Nc2cccc(-c3csc(C)n3)c2)C1. The van der Waals surface area contributed by atoms with Gasteiger partial charge in [0.1, 0.15) is 10.6 Å². The van der Waals surface area contributed by atoms with Gasteiger partial charge in [-0.1, -0.05) is 23.7 Å². The van der Waals surface area contributed by atoms with Crippen LogP contribution >= 0.6 is 22.9 Å². The largest absolute Gasteiger partial charge is 0.495 e. The molecule has 1 aliphatic rings. The second-order valence-corrected chi connectivity index (χ2v) is 11.2. The van der Waals surface area contributed by atoms with Gasteiger partial charge in [-0.15, -0.1) is 11.3 Å². The first-order valence-electron chi connectivity index (χ1n) is 10.4. The van der Waals surface area contributed by atoms with E-state index in [4.69, 9.17) is 16.3 Å². The summed E-state index contributed by atoms with van der Waals surface area (Å²) in [5.41, 5.74) is 2.43. The Kier molecular flexibility index (Phi) is 7.04. The smallest absolute Gasteiger partial charge is 0.246 e.